The Kier molecular flexibility index (Phi) is 20.4. The zero-order valence-corrected chi connectivity index (χ0v) is 33.0. The molecule has 0 aromatic carbocycles. The van der Waals surface area contributed by atoms with Crippen LogP contribution in [0.25, 0.3) is 10.4 Å². The van der Waals surface area contributed by atoms with Crippen LogP contribution in [0.15, 0.2) is 5.11 Å². The summed E-state index contributed by atoms with van der Waals surface area (Å²) in [6.07, 6.45) is -8.24. The van der Waals surface area contributed by atoms with Gasteiger partial charge >= 0.3 is 0 Å². The van der Waals surface area contributed by atoms with Gasteiger partial charge in [0, 0.05) is 150 Å². The molecule has 0 aromatic heterocycles. The summed E-state index contributed by atoms with van der Waals surface area (Å²) in [6, 6.07) is -1.22. The second-order valence-corrected chi connectivity index (χ2v) is 7.29. The van der Waals surface area contributed by atoms with Gasteiger partial charge in [-0.2, -0.15) is 0 Å². The fourth-order valence-electron chi connectivity index (χ4n) is 3.43. The van der Waals surface area contributed by atoms with Crippen molar-refractivity contribution in [3.8, 4) is 0 Å². The van der Waals surface area contributed by atoms with E-state index in [1.807, 2.05) is 0 Å². The average molecular weight is 1120 g/mol. The van der Waals surface area contributed by atoms with E-state index in [1.165, 1.54) is 6.92 Å². The molecule has 0 amide bonds. The molecule has 2 heterocycles. The molecule has 2 saturated heterocycles. The molecule has 2 rings (SSSR count). The topological polar surface area (TPSA) is 179 Å². The third-order valence-electron chi connectivity index (χ3n) is 4.90. The molecule has 32 heavy (non-hydrogen) atoms. The maximum atomic E-state index is 10.6. The van der Waals surface area contributed by atoms with Crippen LogP contribution in [-0.4, -0.2) is 91.5 Å². The molecule has 2 aliphatic heterocycles. The van der Waals surface area contributed by atoms with Crippen molar-refractivity contribution in [2.75, 3.05) is 6.61 Å². The summed E-state index contributed by atoms with van der Waals surface area (Å²) >= 11 is 0.631. The fraction of sp³-hybridized carbons (Fsp3) is 0.933. The van der Waals surface area contributed by atoms with Gasteiger partial charge in [-0.05, 0) is 13.8 Å². The summed E-state index contributed by atoms with van der Waals surface area (Å²) in [4.78, 5) is 2.73. The van der Waals surface area contributed by atoms with Gasteiger partial charge in [-0.15, -0.1) is 0 Å². The van der Waals surface area contributed by atoms with Gasteiger partial charge in [0.05, 0.1) is 24.9 Å². The number of nitrogens with zero attached hydrogens (tertiary/aromatic N) is 3. The molecule has 2 aliphatic rings. The number of nitrogens with one attached hydrogen (secondary N) is 1. The summed E-state index contributed by atoms with van der Waals surface area (Å²) in [5, 5.41) is 41.7. The Labute approximate surface area is 301 Å². The minimum atomic E-state index is -1.39. The largest absolute Gasteiger partial charge is 0.450 e. The summed E-state index contributed by atoms with van der Waals surface area (Å²) in [6.45, 7) is 4.27. The Hall–Kier alpha value is 3.24. The number of hydrogen-bond acceptors (Lipinski definition) is 11. The number of ether oxygens (including phenoxy) is 4. The first kappa shape index (κ1) is 35.2. The number of hydrogen-bond donors (Lipinski definition) is 4. The van der Waals surface area contributed by atoms with Crippen molar-refractivity contribution in [2.24, 2.45) is 11.0 Å². The van der Waals surface area contributed by atoms with Crippen LogP contribution >= 0.6 is 11.9 Å². The first-order valence-corrected chi connectivity index (χ1v) is 9.77. The smallest absolute Gasteiger partial charge is 0.228 e. The molecule has 4 radical (unpaired) electrons. The Morgan fingerprint density at radius 1 is 1.22 bits per heavy atom. The maximum Gasteiger partial charge on any atom is 0.228 e. The average Bonchev–Trinajstić information content (AvgIpc) is 2.70. The maximum absolute atomic E-state index is 10.6. The normalized spacial score (nSPS) is 39.0. The molecular formula is C15H26Ac3BN4O8S. The van der Waals surface area contributed by atoms with Gasteiger partial charge in [-0.25, -0.2) is 0 Å². The van der Waals surface area contributed by atoms with Crippen molar-refractivity contribution in [3.05, 3.63) is 10.4 Å². The first-order valence-electron chi connectivity index (χ1n) is 9.54. The predicted octanol–water partition coefficient (Wildman–Crippen LogP) is -0.267. The van der Waals surface area contributed by atoms with E-state index in [-0.39, 0.29) is 138 Å². The molecular weight excluding hydrogens is 1090 g/mol. The molecule has 0 saturated carbocycles. The van der Waals surface area contributed by atoms with E-state index in [0.29, 0.717) is 11.9 Å². The monoisotopic (exact) mass is 1120 g/mol. The second kappa shape index (κ2) is 18.5. The van der Waals surface area contributed by atoms with Crippen molar-refractivity contribution in [1.82, 2.24) is 0 Å². The summed E-state index contributed by atoms with van der Waals surface area (Å²) < 4.78 is 34.8. The quantitative estimate of drug-likeness (QED) is 0.0485. The fourth-order valence-corrected chi connectivity index (χ4v) is 3.80. The predicted molar refractivity (Wildman–Crippen MR) is 103 cm³/mol. The third kappa shape index (κ3) is 9.84. The Morgan fingerprint density at radius 2 is 1.88 bits per heavy atom. The van der Waals surface area contributed by atoms with Crippen molar-refractivity contribution in [2.45, 2.75) is 76.0 Å². The second-order valence-electron chi connectivity index (χ2n) is 6.90. The van der Waals surface area contributed by atoms with Crippen LogP contribution in [0.1, 0.15) is 20.8 Å². The third-order valence-corrected chi connectivity index (χ3v) is 5.24. The van der Waals surface area contributed by atoms with Crippen molar-refractivity contribution in [1.29, 1.82) is 6.74 Å². The molecule has 2 fully saturated rings. The summed E-state index contributed by atoms with van der Waals surface area (Å²) in [7, 11) is 0.894. The van der Waals surface area contributed by atoms with E-state index in [9.17, 15) is 15.3 Å². The van der Waals surface area contributed by atoms with Crippen LogP contribution in [0.3, 0.4) is 0 Å². The molecule has 172 valence electrons. The van der Waals surface area contributed by atoms with Gasteiger partial charge in [0.2, 0.25) is 13.4 Å². The number of aliphatic hydroxyl groups excluding tert-OH is 3. The van der Waals surface area contributed by atoms with Gasteiger partial charge in [-0.1, -0.05) is 23.9 Å². The molecule has 10 atom stereocenters. The SMILES string of the molecule is [3H][B]SO[C@H]1C(CO)O[C@@H](O[C@H]2C(C)O[C@@H](OC(C)=N)C(O)[C@H]2C)C(N=[N+]=[N-])[C@H]1O.[Ac].[Ac].[Ac]. The van der Waals surface area contributed by atoms with Crippen molar-refractivity contribution < 1.29 is 171 Å². The van der Waals surface area contributed by atoms with Crippen LogP contribution < -0.4 is 0 Å². The number of azide groups is 1. The zero-order valence-electron chi connectivity index (χ0n) is 18.9. The van der Waals surface area contributed by atoms with E-state index in [4.69, 9.17) is 35.4 Å². The van der Waals surface area contributed by atoms with Gasteiger partial charge in [0.15, 0.2) is 12.2 Å². The molecule has 0 spiro atoms. The van der Waals surface area contributed by atoms with Crippen LogP contribution in [0.4, 0.5) is 0 Å². The van der Waals surface area contributed by atoms with Gasteiger partial charge in [-0.3, -0.25) is 5.41 Å². The van der Waals surface area contributed by atoms with Gasteiger partial charge < -0.3 is 38.5 Å². The van der Waals surface area contributed by atoms with Crippen LogP contribution in [0.5, 0.6) is 0 Å². The zero-order chi connectivity index (χ0) is 22.4. The molecule has 17 heteroatoms. The number of rotatable bonds is 8. The standard InChI is InChI=1S/C15H26BN4O8S.3Ac/c1-5-10(22)15(25-7(3)17)24-6(2)12(5)27-14-9(19-20-18)11(23)13(28-29-16)8(4-21)26-14;;;/h5-6,8-17,21-23H,4H2,1-3H3;;;/t5-,6?,8?,9?,10?,11-,12-,13+,14+,15+;;;/m1.../s1/i16T;;;. The van der Waals surface area contributed by atoms with Crippen molar-refractivity contribution >= 4 is 24.9 Å². The van der Waals surface area contributed by atoms with Gasteiger partial charge in [0.1, 0.15) is 24.4 Å². The van der Waals surface area contributed by atoms with E-state index in [1.54, 1.807) is 13.8 Å². The van der Waals surface area contributed by atoms with Crippen LogP contribution in [0, 0.1) is 144 Å². The molecule has 4 unspecified atom stereocenters. The summed E-state index contributed by atoms with van der Waals surface area (Å²) in [5.74, 6) is -0.639. The number of aliphatic hydroxyl groups is 3. The minimum Gasteiger partial charge on any atom is -0.450 e. The van der Waals surface area contributed by atoms with Crippen LogP contribution in [-0.2, 0) is 23.1 Å². The summed E-state index contributed by atoms with van der Waals surface area (Å²) in [5.41, 5.74) is 8.91. The molecule has 12 nitrogen and oxygen atoms in total. The Bertz CT molecular complexity index is 650. The van der Waals surface area contributed by atoms with Gasteiger partial charge in [0.25, 0.3) is 0 Å². The minimum absolute atomic E-state index is 0. The van der Waals surface area contributed by atoms with Crippen molar-refractivity contribution in [3.63, 3.8) is 0 Å². The molecule has 0 aromatic rings. The molecule has 0 bridgehead atoms. The molecule has 4 N–H and O–H groups in total. The Balaban J connectivity index is 0. The van der Waals surface area contributed by atoms with E-state index < -0.39 is 67.8 Å². The van der Waals surface area contributed by atoms with E-state index in [0.717, 1.165) is 7.09 Å². The van der Waals surface area contributed by atoms with E-state index in [2.05, 4.69) is 10.0 Å². The van der Waals surface area contributed by atoms with Crippen LogP contribution in [0.2, 0.25) is 0 Å². The van der Waals surface area contributed by atoms with E-state index >= 15 is 0 Å². The Morgan fingerprint density at radius 3 is 2.41 bits per heavy atom. The molecule has 0 aliphatic carbocycles. The first-order chi connectivity index (χ1) is 14.2.